The van der Waals surface area contributed by atoms with Gasteiger partial charge in [-0.1, -0.05) is 31.9 Å². The smallest absolute Gasteiger partial charge is 0.429 e. The van der Waals surface area contributed by atoms with Crippen LogP contribution in [0.2, 0.25) is 0 Å². The fraction of sp³-hybridized carbons (Fsp3) is 0.273. The Kier molecular flexibility index (Phi) is 9.45. The van der Waals surface area contributed by atoms with E-state index in [2.05, 4.69) is 4.74 Å². The molecule has 45 heavy (non-hydrogen) atoms. The van der Waals surface area contributed by atoms with Crippen LogP contribution in [0.4, 0.5) is 39.5 Å². The van der Waals surface area contributed by atoms with Gasteiger partial charge < -0.3 is 14.2 Å². The van der Waals surface area contributed by atoms with Gasteiger partial charge in [-0.15, -0.1) is 0 Å². The molecule has 0 bridgehead atoms. The van der Waals surface area contributed by atoms with Crippen molar-refractivity contribution >= 4 is 0 Å². The van der Waals surface area contributed by atoms with Crippen molar-refractivity contribution in [2.75, 3.05) is 13.2 Å². The highest BCUT2D eigenvalue weighted by atomic mass is 19.3. The molecule has 0 unspecified atom stereocenters. The van der Waals surface area contributed by atoms with Gasteiger partial charge in [0.15, 0.2) is 23.7 Å². The molecule has 4 aromatic rings. The van der Waals surface area contributed by atoms with E-state index in [-0.39, 0.29) is 46.9 Å². The number of unbranched alkanes of at least 4 members (excludes halogenated alkanes) is 1. The lowest BCUT2D eigenvalue weighted by molar-refractivity contribution is -0.206. The van der Waals surface area contributed by atoms with Gasteiger partial charge in [-0.25, -0.2) is 30.7 Å². The van der Waals surface area contributed by atoms with Crippen molar-refractivity contribution in [2.45, 2.75) is 38.6 Å². The van der Waals surface area contributed by atoms with Crippen LogP contribution < -0.4 is 4.74 Å². The van der Waals surface area contributed by atoms with Crippen LogP contribution in [0.1, 0.15) is 43.6 Å². The van der Waals surface area contributed by atoms with E-state index in [0.29, 0.717) is 30.3 Å². The van der Waals surface area contributed by atoms with E-state index in [0.717, 1.165) is 43.5 Å². The first-order chi connectivity index (χ1) is 21.4. The predicted octanol–water partition coefficient (Wildman–Crippen LogP) is 9.97. The van der Waals surface area contributed by atoms with Crippen LogP contribution >= 0.6 is 0 Å². The van der Waals surface area contributed by atoms with E-state index in [1.165, 1.54) is 6.07 Å². The van der Waals surface area contributed by atoms with E-state index in [4.69, 9.17) is 9.47 Å². The molecule has 4 aromatic carbocycles. The molecule has 1 aliphatic rings. The Morgan fingerprint density at radius 3 is 1.82 bits per heavy atom. The summed E-state index contributed by atoms with van der Waals surface area (Å²) in [5.74, 6) is -11.0. The summed E-state index contributed by atoms with van der Waals surface area (Å²) in [6, 6.07) is 7.92. The van der Waals surface area contributed by atoms with Gasteiger partial charge in [0.1, 0.15) is 34.6 Å². The van der Waals surface area contributed by atoms with Crippen molar-refractivity contribution < 1.29 is 53.7 Å². The predicted molar refractivity (Wildman–Crippen MR) is 146 cm³/mol. The number of hydrogen-bond acceptors (Lipinski definition) is 3. The number of halogens is 9. The molecule has 0 atom stereocenters. The number of rotatable bonds is 9. The molecule has 0 radical (unpaired) electrons. The van der Waals surface area contributed by atoms with Crippen LogP contribution in [-0.2, 0) is 15.6 Å². The average Bonchev–Trinajstić information content (AvgIpc) is 2.98. The lowest BCUT2D eigenvalue weighted by Crippen LogP contribution is -2.28. The van der Waals surface area contributed by atoms with E-state index >= 15 is 0 Å². The Labute approximate surface area is 252 Å². The molecule has 1 fully saturated rings. The standard InChI is InChI=1S/C33H25F9O3/c1-2-3-4-17-15-43-32(44-16-17)20-12-26(36)30(27(37)13-20)33(41,42)45-21-6-8-22(25(35)14-21)18-5-7-23(24(34)9-18)19-10-28(38)31(40)29(39)11-19/h5-14,17,32H,2-4,15-16H2,1H3. The molecule has 0 spiro atoms. The minimum atomic E-state index is -4.58. The molecular formula is C33H25F9O3. The van der Waals surface area contributed by atoms with Crippen molar-refractivity contribution in [1.29, 1.82) is 0 Å². The van der Waals surface area contributed by atoms with Crippen LogP contribution in [0.3, 0.4) is 0 Å². The summed E-state index contributed by atoms with van der Waals surface area (Å²) < 4.78 is 145. The third-order valence-electron chi connectivity index (χ3n) is 7.32. The first-order valence-corrected chi connectivity index (χ1v) is 13.9. The second-order valence-corrected chi connectivity index (χ2v) is 10.6. The van der Waals surface area contributed by atoms with Crippen LogP contribution in [0.5, 0.6) is 5.75 Å². The van der Waals surface area contributed by atoms with Crippen molar-refractivity contribution in [2.24, 2.45) is 5.92 Å². The SMILES string of the molecule is CCCCC1COC(c2cc(F)c(C(F)(F)Oc3ccc(-c4ccc(-c5cc(F)c(F)c(F)c5)c(F)c4)c(F)c3)c(F)c2)OC1. The van der Waals surface area contributed by atoms with Gasteiger partial charge in [-0.05, 0) is 60.0 Å². The minimum absolute atomic E-state index is 0.0911. The maximum Gasteiger partial charge on any atom is 0.432 e. The highest BCUT2D eigenvalue weighted by molar-refractivity contribution is 5.72. The fourth-order valence-corrected chi connectivity index (χ4v) is 5.02. The largest absolute Gasteiger partial charge is 0.432 e. The molecule has 0 saturated carbocycles. The molecule has 3 nitrogen and oxygen atoms in total. The maximum atomic E-state index is 15.0. The zero-order valence-corrected chi connectivity index (χ0v) is 23.6. The average molecular weight is 641 g/mol. The van der Waals surface area contributed by atoms with Crippen LogP contribution in [-0.4, -0.2) is 13.2 Å². The monoisotopic (exact) mass is 640 g/mol. The van der Waals surface area contributed by atoms with Gasteiger partial charge in [0.05, 0.1) is 13.2 Å². The highest BCUT2D eigenvalue weighted by Crippen LogP contribution is 2.39. The first kappa shape index (κ1) is 32.4. The Morgan fingerprint density at radius 1 is 0.689 bits per heavy atom. The van der Waals surface area contributed by atoms with Crippen LogP contribution in [0, 0.1) is 46.6 Å². The second-order valence-electron chi connectivity index (χ2n) is 10.6. The Hall–Kier alpha value is -4.03. The fourth-order valence-electron chi connectivity index (χ4n) is 5.02. The van der Waals surface area contributed by atoms with Crippen molar-refractivity contribution in [3.8, 4) is 28.0 Å². The van der Waals surface area contributed by atoms with Gasteiger partial charge in [-0.3, -0.25) is 0 Å². The normalized spacial score (nSPS) is 17.0. The zero-order chi connectivity index (χ0) is 32.5. The van der Waals surface area contributed by atoms with Gasteiger partial charge in [0.2, 0.25) is 0 Å². The third kappa shape index (κ3) is 6.96. The van der Waals surface area contributed by atoms with E-state index in [9.17, 15) is 39.5 Å². The molecular weight excluding hydrogens is 615 g/mol. The Bertz CT molecular complexity index is 1660. The topological polar surface area (TPSA) is 27.7 Å². The lowest BCUT2D eigenvalue weighted by Gasteiger charge is -2.30. The van der Waals surface area contributed by atoms with E-state index in [1.807, 2.05) is 6.92 Å². The molecule has 0 aromatic heterocycles. The number of hydrogen-bond donors (Lipinski definition) is 0. The molecule has 0 N–H and O–H groups in total. The molecule has 12 heteroatoms. The maximum absolute atomic E-state index is 15.0. The third-order valence-corrected chi connectivity index (χ3v) is 7.32. The molecule has 238 valence electrons. The summed E-state index contributed by atoms with van der Waals surface area (Å²) in [5, 5.41) is 0. The van der Waals surface area contributed by atoms with Gasteiger partial charge >= 0.3 is 6.11 Å². The van der Waals surface area contributed by atoms with E-state index in [1.54, 1.807) is 0 Å². The lowest BCUT2D eigenvalue weighted by atomic mass is 9.99. The summed E-state index contributed by atoms with van der Waals surface area (Å²) >= 11 is 0. The first-order valence-electron chi connectivity index (χ1n) is 13.9. The Balaban J connectivity index is 1.32. The van der Waals surface area contributed by atoms with E-state index < -0.39 is 64.4 Å². The quantitative estimate of drug-likeness (QED) is 0.135. The molecule has 0 aliphatic carbocycles. The van der Waals surface area contributed by atoms with Gasteiger partial charge in [0, 0.05) is 28.7 Å². The Morgan fingerprint density at radius 2 is 1.24 bits per heavy atom. The van der Waals surface area contributed by atoms with Crippen molar-refractivity contribution in [3.05, 3.63) is 113 Å². The second kappa shape index (κ2) is 13.1. The van der Waals surface area contributed by atoms with Crippen LogP contribution in [0.25, 0.3) is 22.3 Å². The zero-order valence-electron chi connectivity index (χ0n) is 23.6. The van der Waals surface area contributed by atoms with Crippen molar-refractivity contribution in [1.82, 2.24) is 0 Å². The van der Waals surface area contributed by atoms with Gasteiger partial charge in [-0.2, -0.15) is 8.78 Å². The summed E-state index contributed by atoms with van der Waals surface area (Å²) in [6.45, 7) is 2.59. The van der Waals surface area contributed by atoms with Crippen molar-refractivity contribution in [3.63, 3.8) is 0 Å². The molecule has 1 aliphatic heterocycles. The summed E-state index contributed by atoms with van der Waals surface area (Å²) in [4.78, 5) is 0. The number of benzene rings is 4. The number of ether oxygens (including phenoxy) is 3. The molecule has 1 heterocycles. The highest BCUT2D eigenvalue weighted by Gasteiger charge is 2.42. The summed E-state index contributed by atoms with van der Waals surface area (Å²) in [6.07, 6.45) is -2.94. The summed E-state index contributed by atoms with van der Waals surface area (Å²) in [7, 11) is 0. The minimum Gasteiger partial charge on any atom is -0.429 e. The molecule has 5 rings (SSSR count). The molecule has 0 amide bonds. The number of alkyl halides is 2. The molecule has 1 saturated heterocycles. The van der Waals surface area contributed by atoms with Gasteiger partial charge in [0.25, 0.3) is 0 Å². The van der Waals surface area contributed by atoms with Crippen LogP contribution in [0.15, 0.2) is 60.7 Å². The summed E-state index contributed by atoms with van der Waals surface area (Å²) in [5.41, 5.74) is -2.85.